The Balaban J connectivity index is 0. The van der Waals surface area contributed by atoms with E-state index >= 15 is 0 Å². The van der Waals surface area contributed by atoms with Gasteiger partial charge in [-0.15, -0.1) is 0 Å². The van der Waals surface area contributed by atoms with Gasteiger partial charge in [0.05, 0.1) is 0 Å². The van der Waals surface area contributed by atoms with Crippen LogP contribution in [-0.4, -0.2) is 17.6 Å². The molecule has 3 nitrogen and oxygen atoms in total. The Morgan fingerprint density at radius 2 is 1.21 bits per heavy atom. The van der Waals surface area contributed by atoms with Crippen LogP contribution in [0.25, 0.3) is 0 Å². The Bertz CT molecular complexity index is 164. The SMILES string of the molecule is CCCCCCCCCCC.NCCCCC(=O)O. The van der Waals surface area contributed by atoms with E-state index in [1.54, 1.807) is 0 Å². The number of carboxylic acid groups (broad SMARTS) is 1. The van der Waals surface area contributed by atoms with E-state index in [4.69, 9.17) is 10.8 Å². The second-order valence-corrected chi connectivity index (χ2v) is 5.11. The highest BCUT2D eigenvalue weighted by atomic mass is 16.4. The Hall–Kier alpha value is -0.570. The van der Waals surface area contributed by atoms with Crippen LogP contribution >= 0.6 is 0 Å². The van der Waals surface area contributed by atoms with E-state index < -0.39 is 5.97 Å². The molecule has 0 rings (SSSR count). The summed E-state index contributed by atoms with van der Waals surface area (Å²) in [5.41, 5.74) is 5.12. The maximum absolute atomic E-state index is 9.83. The van der Waals surface area contributed by atoms with Crippen molar-refractivity contribution in [3.05, 3.63) is 0 Å². The van der Waals surface area contributed by atoms with Gasteiger partial charge in [0.15, 0.2) is 0 Å². The van der Waals surface area contributed by atoms with Gasteiger partial charge in [-0.1, -0.05) is 71.6 Å². The summed E-state index contributed by atoms with van der Waals surface area (Å²) in [6.07, 6.45) is 14.7. The van der Waals surface area contributed by atoms with E-state index in [0.717, 1.165) is 6.42 Å². The van der Waals surface area contributed by atoms with Crippen molar-refractivity contribution in [2.45, 2.75) is 90.9 Å². The van der Waals surface area contributed by atoms with E-state index in [0.29, 0.717) is 13.0 Å². The number of aliphatic carboxylic acids is 1. The van der Waals surface area contributed by atoms with Crippen molar-refractivity contribution in [3.63, 3.8) is 0 Å². The lowest BCUT2D eigenvalue weighted by Crippen LogP contribution is -2.00. The van der Waals surface area contributed by atoms with Crippen LogP contribution < -0.4 is 5.73 Å². The Kier molecular flexibility index (Phi) is 21.6. The van der Waals surface area contributed by atoms with E-state index in [1.807, 2.05) is 0 Å². The van der Waals surface area contributed by atoms with Crippen LogP contribution in [0.3, 0.4) is 0 Å². The summed E-state index contributed by atoms with van der Waals surface area (Å²) in [6.45, 7) is 5.14. The molecule has 3 heteroatoms. The number of carboxylic acids is 1. The zero-order valence-corrected chi connectivity index (χ0v) is 13.1. The van der Waals surface area contributed by atoms with E-state index in [-0.39, 0.29) is 6.42 Å². The summed E-state index contributed by atoms with van der Waals surface area (Å²) in [5.74, 6) is -0.738. The second-order valence-electron chi connectivity index (χ2n) is 5.11. The molecular weight excluding hydrogens is 238 g/mol. The van der Waals surface area contributed by atoms with Crippen LogP contribution in [0.4, 0.5) is 0 Å². The lowest BCUT2D eigenvalue weighted by atomic mass is 10.1. The molecule has 0 atom stereocenters. The predicted molar refractivity (Wildman–Crippen MR) is 83.4 cm³/mol. The lowest BCUT2D eigenvalue weighted by Gasteiger charge is -1.98. The first-order valence-corrected chi connectivity index (χ1v) is 8.10. The van der Waals surface area contributed by atoms with Gasteiger partial charge in [0.1, 0.15) is 0 Å². The molecule has 0 aromatic rings. The second kappa shape index (κ2) is 19.8. The number of unbranched alkanes of at least 4 members (excludes halogenated alkanes) is 9. The van der Waals surface area contributed by atoms with Gasteiger partial charge in [-0.05, 0) is 19.4 Å². The first-order chi connectivity index (χ1) is 9.18. The molecule has 0 aliphatic rings. The minimum Gasteiger partial charge on any atom is -0.481 e. The summed E-state index contributed by atoms with van der Waals surface area (Å²) in [6, 6.07) is 0. The first-order valence-electron chi connectivity index (χ1n) is 8.10. The van der Waals surface area contributed by atoms with Gasteiger partial charge in [-0.3, -0.25) is 4.79 Å². The van der Waals surface area contributed by atoms with Crippen LogP contribution in [0.15, 0.2) is 0 Å². The molecule has 0 unspecified atom stereocenters. The molecule has 0 saturated heterocycles. The van der Waals surface area contributed by atoms with Crippen LogP contribution in [-0.2, 0) is 4.79 Å². The number of hydrogen-bond donors (Lipinski definition) is 2. The van der Waals surface area contributed by atoms with Crippen molar-refractivity contribution in [1.29, 1.82) is 0 Å². The molecule has 0 saturated carbocycles. The van der Waals surface area contributed by atoms with E-state index in [1.165, 1.54) is 57.8 Å². The topological polar surface area (TPSA) is 63.3 Å². The lowest BCUT2D eigenvalue weighted by molar-refractivity contribution is -0.137. The van der Waals surface area contributed by atoms with Crippen LogP contribution in [0, 0.1) is 0 Å². The molecule has 116 valence electrons. The Labute approximate surface area is 120 Å². The number of carbonyl (C=O) groups is 1. The third-order valence-corrected chi connectivity index (χ3v) is 3.05. The zero-order valence-electron chi connectivity index (χ0n) is 13.1. The summed E-state index contributed by atoms with van der Waals surface area (Å²) >= 11 is 0. The molecule has 0 amide bonds. The Morgan fingerprint density at radius 3 is 1.53 bits per heavy atom. The smallest absolute Gasteiger partial charge is 0.303 e. The molecule has 0 spiro atoms. The molecule has 3 N–H and O–H groups in total. The fourth-order valence-corrected chi connectivity index (χ4v) is 1.80. The summed E-state index contributed by atoms with van der Waals surface area (Å²) < 4.78 is 0. The quantitative estimate of drug-likeness (QED) is 0.505. The highest BCUT2D eigenvalue weighted by Gasteiger charge is 1.93. The van der Waals surface area contributed by atoms with Crippen molar-refractivity contribution >= 4 is 5.97 Å². The minimum absolute atomic E-state index is 0.247. The maximum atomic E-state index is 9.83. The van der Waals surface area contributed by atoms with Crippen molar-refractivity contribution in [2.24, 2.45) is 5.73 Å². The molecule has 0 aliphatic heterocycles. The van der Waals surface area contributed by atoms with Gasteiger partial charge < -0.3 is 10.8 Å². The third-order valence-electron chi connectivity index (χ3n) is 3.05. The van der Waals surface area contributed by atoms with Gasteiger partial charge in [-0.25, -0.2) is 0 Å². The van der Waals surface area contributed by atoms with Crippen LogP contribution in [0.5, 0.6) is 0 Å². The molecule has 19 heavy (non-hydrogen) atoms. The highest BCUT2D eigenvalue weighted by molar-refractivity contribution is 5.66. The van der Waals surface area contributed by atoms with Crippen molar-refractivity contribution < 1.29 is 9.90 Å². The average Bonchev–Trinajstić information content (AvgIpc) is 2.39. The normalized spacial score (nSPS) is 9.84. The third kappa shape index (κ3) is 26.9. The Morgan fingerprint density at radius 1 is 0.789 bits per heavy atom. The first kappa shape index (κ1) is 20.7. The standard InChI is InChI=1S/C11H24.C5H11NO2/c1-3-5-7-9-11-10-8-6-4-2;6-4-2-1-3-5(7)8/h3-11H2,1-2H3;1-4,6H2,(H,7,8). The summed E-state index contributed by atoms with van der Waals surface area (Å²) in [4.78, 5) is 9.83. The van der Waals surface area contributed by atoms with Crippen molar-refractivity contribution in [2.75, 3.05) is 6.54 Å². The largest absolute Gasteiger partial charge is 0.481 e. The number of rotatable bonds is 12. The minimum atomic E-state index is -0.738. The van der Waals surface area contributed by atoms with Gasteiger partial charge in [0.25, 0.3) is 0 Å². The van der Waals surface area contributed by atoms with Gasteiger partial charge in [0.2, 0.25) is 0 Å². The molecular formula is C16H35NO2. The van der Waals surface area contributed by atoms with E-state index in [9.17, 15) is 4.79 Å². The zero-order chi connectivity index (χ0) is 14.8. The van der Waals surface area contributed by atoms with Crippen molar-refractivity contribution in [3.8, 4) is 0 Å². The van der Waals surface area contributed by atoms with Crippen LogP contribution in [0.1, 0.15) is 90.9 Å². The van der Waals surface area contributed by atoms with Gasteiger partial charge in [-0.2, -0.15) is 0 Å². The van der Waals surface area contributed by atoms with Crippen molar-refractivity contribution in [1.82, 2.24) is 0 Å². The van der Waals surface area contributed by atoms with Gasteiger partial charge >= 0.3 is 5.97 Å². The van der Waals surface area contributed by atoms with E-state index in [2.05, 4.69) is 13.8 Å². The summed E-state index contributed by atoms with van der Waals surface area (Å²) in [7, 11) is 0. The fourth-order valence-electron chi connectivity index (χ4n) is 1.80. The monoisotopic (exact) mass is 273 g/mol. The van der Waals surface area contributed by atoms with Gasteiger partial charge in [0, 0.05) is 6.42 Å². The molecule has 0 bridgehead atoms. The fraction of sp³-hybridized carbons (Fsp3) is 0.938. The maximum Gasteiger partial charge on any atom is 0.303 e. The number of nitrogens with two attached hydrogens (primary N) is 1. The molecule has 0 aliphatic carbocycles. The predicted octanol–water partition coefficient (Wildman–Crippen LogP) is 4.74. The number of hydrogen-bond acceptors (Lipinski definition) is 2. The molecule has 0 radical (unpaired) electrons. The average molecular weight is 273 g/mol. The molecule has 0 aromatic heterocycles. The highest BCUT2D eigenvalue weighted by Crippen LogP contribution is 2.08. The van der Waals surface area contributed by atoms with Crippen LogP contribution in [0.2, 0.25) is 0 Å². The molecule has 0 heterocycles. The molecule has 0 aromatic carbocycles. The summed E-state index contributed by atoms with van der Waals surface area (Å²) in [5, 5.41) is 8.10. The molecule has 0 fully saturated rings.